The number of hydrogen-bond donors (Lipinski definition) is 1. The van der Waals surface area contributed by atoms with Gasteiger partial charge in [0.15, 0.2) is 5.69 Å². The molecule has 1 aromatic carbocycles. The molecule has 3 rings (SSSR count). The molecule has 2 heterocycles. The van der Waals surface area contributed by atoms with Gasteiger partial charge in [-0.05, 0) is 18.2 Å². The lowest BCUT2D eigenvalue weighted by Crippen LogP contribution is -2.45. The quantitative estimate of drug-likeness (QED) is 0.452. The third kappa shape index (κ3) is 4.26. The first-order valence-corrected chi connectivity index (χ1v) is 8.50. The molecule has 2 N–H and O–H groups in total. The average molecular weight is 485 g/mol. The molecule has 0 saturated heterocycles. The maximum atomic E-state index is 14.4. The zero-order chi connectivity index (χ0) is 24.0. The molecule has 2 aromatic heterocycles. The minimum Gasteiger partial charge on any atom is -0.437 e. The summed E-state index contributed by atoms with van der Waals surface area (Å²) in [7, 11) is 0. The molecule has 7 nitrogen and oxygen atoms in total. The van der Waals surface area contributed by atoms with Gasteiger partial charge in [0, 0.05) is 18.3 Å². The van der Waals surface area contributed by atoms with Gasteiger partial charge in [-0.15, -0.1) is 0 Å². The second-order valence-corrected chi connectivity index (χ2v) is 6.45. The summed E-state index contributed by atoms with van der Waals surface area (Å²) in [5.74, 6) is 2.05. The largest absolute Gasteiger partial charge is 0.437 e. The van der Waals surface area contributed by atoms with Crippen molar-refractivity contribution in [3.05, 3.63) is 79.5 Å². The Bertz CT molecular complexity index is 1320. The number of pyridine rings is 1. The van der Waals surface area contributed by atoms with E-state index in [4.69, 9.17) is 22.2 Å². The molecule has 0 aliphatic carbocycles. The van der Waals surface area contributed by atoms with Crippen molar-refractivity contribution in [2.24, 2.45) is 0 Å². The van der Waals surface area contributed by atoms with Crippen LogP contribution in [0.1, 0.15) is 11.3 Å². The number of hydrogen-bond acceptors (Lipinski definition) is 5. The van der Waals surface area contributed by atoms with Crippen molar-refractivity contribution in [1.29, 1.82) is 0 Å². The molecule has 0 aliphatic heterocycles. The lowest BCUT2D eigenvalue weighted by atomic mass is 10.2. The minimum absolute atomic E-state index is 0.0590. The first kappa shape index (κ1) is 23.1. The third-order valence-electron chi connectivity index (χ3n) is 3.95. The molecule has 32 heavy (non-hydrogen) atoms. The van der Waals surface area contributed by atoms with Crippen LogP contribution in [0.2, 0.25) is 5.02 Å². The van der Waals surface area contributed by atoms with Crippen molar-refractivity contribution in [1.82, 2.24) is 14.2 Å². The van der Waals surface area contributed by atoms with E-state index >= 15 is 0 Å². The summed E-state index contributed by atoms with van der Waals surface area (Å²) in [4.78, 5) is 27.8. The fourth-order valence-corrected chi connectivity index (χ4v) is 2.75. The van der Waals surface area contributed by atoms with Gasteiger partial charge in [0.25, 0.3) is 5.56 Å². The predicted molar refractivity (Wildman–Crippen MR) is 95.7 cm³/mol. The maximum absolute atomic E-state index is 14.4. The third-order valence-corrected chi connectivity index (χ3v) is 4.25. The summed E-state index contributed by atoms with van der Waals surface area (Å²) in [6, 6.07) is 2.57. The summed E-state index contributed by atoms with van der Waals surface area (Å²) in [5, 5.41) is -0.585. The van der Waals surface area contributed by atoms with Gasteiger partial charge in [-0.3, -0.25) is 4.79 Å². The number of nitrogens with zero attached hydrogens (tertiary/aromatic N) is 3. The molecule has 0 fully saturated rings. The van der Waals surface area contributed by atoms with E-state index in [0.29, 0.717) is 18.2 Å². The maximum Gasteiger partial charge on any atom is 0.433 e. The summed E-state index contributed by atoms with van der Waals surface area (Å²) in [6.45, 7) is 0. The van der Waals surface area contributed by atoms with Crippen LogP contribution in [0.4, 0.5) is 30.7 Å². The number of benzene rings is 1. The second kappa shape index (κ2) is 7.85. The van der Waals surface area contributed by atoms with E-state index in [-0.39, 0.29) is 10.6 Å². The van der Waals surface area contributed by atoms with E-state index in [2.05, 4.69) is 4.98 Å². The highest BCUT2D eigenvalue weighted by Crippen LogP contribution is 2.39. The number of alkyl halides is 6. The Morgan fingerprint density at radius 1 is 1.03 bits per heavy atom. The molecular weight excluding hydrogens is 477 g/mol. The lowest BCUT2D eigenvalue weighted by Gasteiger charge is -2.16. The normalized spacial score (nSPS) is 12.1. The Balaban J connectivity index is 2.20. The van der Waals surface area contributed by atoms with Crippen LogP contribution in [-0.2, 0) is 12.4 Å². The summed E-state index contributed by atoms with van der Waals surface area (Å²) >= 11 is 5.78. The Morgan fingerprint density at radius 2 is 1.69 bits per heavy atom. The van der Waals surface area contributed by atoms with E-state index in [1.165, 1.54) is 0 Å². The van der Waals surface area contributed by atoms with Crippen LogP contribution in [0.5, 0.6) is 11.6 Å². The fraction of sp³-hybridized carbons (Fsp3) is 0.118. The molecule has 0 radical (unpaired) electrons. The fourth-order valence-electron chi connectivity index (χ4n) is 2.56. The standard InChI is InChI=1S/C17H8ClF7N4O3/c18-8-4-9(19)10(28-13(30)6-12(17(23,24)25)29(26)15(28)31)5-11(8)32-14-7(16(20,21)22)2-1-3-27-14/h1-6H,26H2. The Labute approximate surface area is 177 Å². The molecule has 0 aliphatic rings. The van der Waals surface area contributed by atoms with Gasteiger partial charge in [0.1, 0.15) is 17.1 Å². The van der Waals surface area contributed by atoms with Crippen molar-refractivity contribution in [2.75, 3.05) is 5.84 Å². The zero-order valence-electron chi connectivity index (χ0n) is 15.1. The SMILES string of the molecule is Nn1c(C(F)(F)F)cc(=O)n(-c2cc(Oc3ncccc3C(F)(F)F)c(Cl)cc2F)c1=O. The van der Waals surface area contributed by atoms with Crippen molar-refractivity contribution in [2.45, 2.75) is 12.4 Å². The minimum atomic E-state index is -5.17. The van der Waals surface area contributed by atoms with Gasteiger partial charge in [0.05, 0.1) is 10.7 Å². The van der Waals surface area contributed by atoms with Crippen LogP contribution in [0.15, 0.2) is 46.1 Å². The van der Waals surface area contributed by atoms with Crippen LogP contribution in [0.3, 0.4) is 0 Å². The lowest BCUT2D eigenvalue weighted by molar-refractivity contribution is -0.143. The second-order valence-electron chi connectivity index (χ2n) is 6.04. The Morgan fingerprint density at radius 3 is 2.28 bits per heavy atom. The highest BCUT2D eigenvalue weighted by molar-refractivity contribution is 6.32. The molecule has 15 heteroatoms. The predicted octanol–water partition coefficient (Wildman–Crippen LogP) is 3.73. The number of ether oxygens (including phenoxy) is 1. The molecule has 170 valence electrons. The monoisotopic (exact) mass is 484 g/mol. The van der Waals surface area contributed by atoms with E-state index in [1.807, 2.05) is 0 Å². The summed E-state index contributed by atoms with van der Waals surface area (Å²) in [5.41, 5.74) is -7.51. The summed E-state index contributed by atoms with van der Waals surface area (Å²) in [6.07, 6.45) is -9.11. The number of halogens is 8. The molecule has 0 saturated carbocycles. The van der Waals surface area contributed by atoms with Gasteiger partial charge in [-0.1, -0.05) is 11.6 Å². The molecule has 0 bridgehead atoms. The van der Waals surface area contributed by atoms with Crippen molar-refractivity contribution in [3.8, 4) is 17.3 Å². The highest BCUT2D eigenvalue weighted by atomic mass is 35.5. The molecule has 0 unspecified atom stereocenters. The van der Waals surface area contributed by atoms with Crippen molar-refractivity contribution in [3.63, 3.8) is 0 Å². The molecule has 0 amide bonds. The van der Waals surface area contributed by atoms with Gasteiger partial charge >= 0.3 is 18.0 Å². The van der Waals surface area contributed by atoms with Crippen molar-refractivity contribution < 1.29 is 35.5 Å². The number of aromatic nitrogens is 3. The average Bonchev–Trinajstić information content (AvgIpc) is 2.66. The topological polar surface area (TPSA) is 92.1 Å². The smallest absolute Gasteiger partial charge is 0.433 e. The number of nitrogens with two attached hydrogens (primary N) is 1. The Kier molecular flexibility index (Phi) is 5.67. The van der Waals surface area contributed by atoms with E-state index in [1.54, 1.807) is 0 Å². The molecular formula is C17H8ClF7N4O3. The zero-order valence-corrected chi connectivity index (χ0v) is 15.9. The van der Waals surface area contributed by atoms with E-state index in [0.717, 1.165) is 12.3 Å². The number of nitrogen functional groups attached to an aromatic ring is 1. The van der Waals surface area contributed by atoms with Crippen LogP contribution in [0.25, 0.3) is 5.69 Å². The highest BCUT2D eigenvalue weighted by Gasteiger charge is 2.37. The van der Waals surface area contributed by atoms with Gasteiger partial charge in [0.2, 0.25) is 5.88 Å². The van der Waals surface area contributed by atoms with Gasteiger partial charge in [-0.2, -0.15) is 26.3 Å². The van der Waals surface area contributed by atoms with Gasteiger partial charge < -0.3 is 10.6 Å². The molecule has 0 spiro atoms. The van der Waals surface area contributed by atoms with Crippen LogP contribution < -0.4 is 21.8 Å². The Hall–Kier alpha value is -3.55. The number of rotatable bonds is 3. The first-order chi connectivity index (χ1) is 14.7. The summed E-state index contributed by atoms with van der Waals surface area (Å²) < 4.78 is 97.1. The van der Waals surface area contributed by atoms with Crippen molar-refractivity contribution >= 4 is 11.6 Å². The first-order valence-electron chi connectivity index (χ1n) is 8.12. The van der Waals surface area contributed by atoms with Crippen LogP contribution in [-0.4, -0.2) is 14.2 Å². The van der Waals surface area contributed by atoms with Crippen LogP contribution in [0, 0.1) is 5.82 Å². The molecule has 0 atom stereocenters. The molecule has 3 aromatic rings. The van der Waals surface area contributed by atoms with E-state index in [9.17, 15) is 40.3 Å². The van der Waals surface area contributed by atoms with Crippen LogP contribution >= 0.6 is 11.6 Å². The van der Waals surface area contributed by atoms with Gasteiger partial charge in [-0.25, -0.2) is 23.4 Å². The van der Waals surface area contributed by atoms with E-state index < -0.39 is 67.7 Å².